The Morgan fingerprint density at radius 1 is 1.40 bits per heavy atom. The molecule has 6 nitrogen and oxygen atoms in total. The van der Waals surface area contributed by atoms with Crippen LogP contribution >= 0.6 is 11.3 Å². The zero-order valence-corrected chi connectivity index (χ0v) is 12.0. The molecule has 0 bridgehead atoms. The first kappa shape index (κ1) is 13.3. The summed E-state index contributed by atoms with van der Waals surface area (Å²) in [6.07, 6.45) is 2.15. The number of H-pyrrole nitrogens is 1. The molecule has 20 heavy (non-hydrogen) atoms. The number of carbonyl (C=O) groups excluding carboxylic acids is 1. The Kier molecular flexibility index (Phi) is 3.10. The van der Waals surface area contributed by atoms with Gasteiger partial charge >= 0.3 is 5.69 Å². The fourth-order valence-corrected chi connectivity index (χ4v) is 3.64. The van der Waals surface area contributed by atoms with Gasteiger partial charge in [-0.05, 0) is 25.3 Å². The zero-order chi connectivity index (χ0) is 14.4. The van der Waals surface area contributed by atoms with E-state index in [1.54, 1.807) is 14.0 Å². The van der Waals surface area contributed by atoms with Crippen LogP contribution in [0.25, 0.3) is 10.2 Å². The molecule has 0 saturated heterocycles. The predicted octanol–water partition coefficient (Wildman–Crippen LogP) is 1.22. The van der Waals surface area contributed by atoms with Gasteiger partial charge in [-0.2, -0.15) is 0 Å². The minimum atomic E-state index is -0.416. The number of hydrogen-bond donors (Lipinski definition) is 1. The molecule has 2 heterocycles. The summed E-state index contributed by atoms with van der Waals surface area (Å²) in [6.45, 7) is 1.73. The van der Waals surface area contributed by atoms with Gasteiger partial charge in [-0.3, -0.25) is 19.1 Å². The highest BCUT2D eigenvalue weighted by molar-refractivity contribution is 7.20. The molecular formula is C13H14N2O4S. The van der Waals surface area contributed by atoms with E-state index in [0.717, 1.165) is 11.3 Å². The summed E-state index contributed by atoms with van der Waals surface area (Å²) in [7, 11) is 1.62. The Balaban J connectivity index is 2.19. The first-order chi connectivity index (χ1) is 9.56. The lowest BCUT2D eigenvalue weighted by Crippen LogP contribution is -2.45. The summed E-state index contributed by atoms with van der Waals surface area (Å²) < 4.78 is 6.43. The standard InChI is InChI=1S/C13H14N2O4S/c1-6-9(5-16)20-11-10(6)12(17)15(13(18)14-11)7-3-8(4-7)19-2/h5,7-8H,3-4H2,1-2H3,(H,14,18)/t7-,8-. The van der Waals surface area contributed by atoms with Gasteiger partial charge in [-0.1, -0.05) is 0 Å². The highest BCUT2D eigenvalue weighted by Gasteiger charge is 2.33. The van der Waals surface area contributed by atoms with Crippen LogP contribution in [0.1, 0.15) is 34.1 Å². The van der Waals surface area contributed by atoms with Crippen molar-refractivity contribution in [1.82, 2.24) is 9.55 Å². The number of aromatic amines is 1. The van der Waals surface area contributed by atoms with Gasteiger partial charge in [0.25, 0.3) is 5.56 Å². The van der Waals surface area contributed by atoms with Gasteiger partial charge < -0.3 is 4.74 Å². The number of ether oxygens (including phenoxy) is 1. The van der Waals surface area contributed by atoms with Gasteiger partial charge in [-0.25, -0.2) is 4.79 Å². The Morgan fingerprint density at radius 3 is 2.70 bits per heavy atom. The van der Waals surface area contributed by atoms with Gasteiger partial charge in [0, 0.05) is 13.2 Å². The highest BCUT2D eigenvalue weighted by Crippen LogP contribution is 2.33. The third kappa shape index (κ3) is 1.77. The Labute approximate surface area is 118 Å². The molecule has 7 heteroatoms. The van der Waals surface area contributed by atoms with Crippen molar-refractivity contribution < 1.29 is 9.53 Å². The van der Waals surface area contributed by atoms with Crippen molar-refractivity contribution in [2.45, 2.75) is 31.9 Å². The molecule has 1 fully saturated rings. The van der Waals surface area contributed by atoms with Crippen molar-refractivity contribution in [3.05, 3.63) is 31.3 Å². The maximum absolute atomic E-state index is 12.5. The van der Waals surface area contributed by atoms with E-state index in [0.29, 0.717) is 39.8 Å². The van der Waals surface area contributed by atoms with E-state index in [4.69, 9.17) is 4.74 Å². The summed E-state index contributed by atoms with van der Waals surface area (Å²) in [6, 6.07) is -0.125. The number of nitrogens with one attached hydrogen (secondary N) is 1. The molecule has 1 aliphatic carbocycles. The smallest absolute Gasteiger partial charge is 0.329 e. The number of aldehydes is 1. The van der Waals surface area contributed by atoms with E-state index in [9.17, 15) is 14.4 Å². The molecular weight excluding hydrogens is 280 g/mol. The second kappa shape index (κ2) is 4.68. The van der Waals surface area contributed by atoms with Crippen molar-refractivity contribution in [2.75, 3.05) is 7.11 Å². The lowest BCUT2D eigenvalue weighted by molar-refractivity contribution is 0.00403. The van der Waals surface area contributed by atoms with Crippen LogP contribution in [0.4, 0.5) is 0 Å². The second-order valence-electron chi connectivity index (χ2n) is 5.00. The van der Waals surface area contributed by atoms with E-state index in [1.807, 2.05) is 0 Å². The molecule has 1 saturated carbocycles. The topological polar surface area (TPSA) is 81.2 Å². The number of carbonyl (C=O) groups is 1. The number of nitrogens with zero attached hydrogens (tertiary/aromatic N) is 1. The van der Waals surface area contributed by atoms with Crippen LogP contribution in [-0.2, 0) is 4.74 Å². The van der Waals surface area contributed by atoms with Crippen LogP contribution < -0.4 is 11.2 Å². The van der Waals surface area contributed by atoms with E-state index in [2.05, 4.69) is 4.98 Å². The summed E-state index contributed by atoms with van der Waals surface area (Å²) in [5.41, 5.74) is -0.0940. The quantitative estimate of drug-likeness (QED) is 0.863. The van der Waals surface area contributed by atoms with Gasteiger partial charge in [0.1, 0.15) is 4.83 Å². The van der Waals surface area contributed by atoms with Gasteiger partial charge in [0.2, 0.25) is 0 Å². The summed E-state index contributed by atoms with van der Waals surface area (Å²) >= 11 is 1.14. The van der Waals surface area contributed by atoms with Crippen LogP contribution in [0.2, 0.25) is 0 Å². The van der Waals surface area contributed by atoms with Gasteiger partial charge in [0.05, 0.1) is 16.4 Å². The van der Waals surface area contributed by atoms with Crippen LogP contribution in [0.5, 0.6) is 0 Å². The van der Waals surface area contributed by atoms with E-state index < -0.39 is 5.69 Å². The third-order valence-electron chi connectivity index (χ3n) is 3.93. The van der Waals surface area contributed by atoms with Crippen molar-refractivity contribution in [2.24, 2.45) is 0 Å². The van der Waals surface area contributed by atoms with Crippen molar-refractivity contribution >= 4 is 27.8 Å². The van der Waals surface area contributed by atoms with Crippen molar-refractivity contribution in [3.8, 4) is 0 Å². The molecule has 3 rings (SSSR count). The van der Waals surface area contributed by atoms with Crippen molar-refractivity contribution in [3.63, 3.8) is 0 Å². The Bertz CT molecular complexity index is 795. The maximum Gasteiger partial charge on any atom is 0.329 e. The molecule has 1 N–H and O–H groups in total. The zero-order valence-electron chi connectivity index (χ0n) is 11.1. The van der Waals surface area contributed by atoms with E-state index >= 15 is 0 Å². The summed E-state index contributed by atoms with van der Waals surface area (Å²) in [4.78, 5) is 39.2. The van der Waals surface area contributed by atoms with Crippen LogP contribution in [0.3, 0.4) is 0 Å². The number of hydrogen-bond acceptors (Lipinski definition) is 5. The van der Waals surface area contributed by atoms with Crippen LogP contribution in [0.15, 0.2) is 9.59 Å². The molecule has 0 amide bonds. The fourth-order valence-electron chi connectivity index (χ4n) is 2.63. The number of methoxy groups -OCH3 is 1. The molecule has 2 aromatic heterocycles. The molecule has 1 aliphatic rings. The van der Waals surface area contributed by atoms with Crippen molar-refractivity contribution in [1.29, 1.82) is 0 Å². The molecule has 0 aromatic carbocycles. The monoisotopic (exact) mass is 294 g/mol. The first-order valence-corrected chi connectivity index (χ1v) is 7.14. The average Bonchev–Trinajstić information content (AvgIpc) is 2.68. The molecule has 0 unspecified atom stereocenters. The highest BCUT2D eigenvalue weighted by atomic mass is 32.1. The lowest BCUT2D eigenvalue weighted by atomic mass is 9.89. The number of fused-ring (bicyclic) bond motifs is 1. The molecule has 0 aliphatic heterocycles. The normalized spacial score (nSPS) is 21.9. The molecule has 0 spiro atoms. The molecule has 0 radical (unpaired) electrons. The number of rotatable bonds is 3. The number of aryl methyl sites for hydroxylation is 1. The number of aromatic nitrogens is 2. The van der Waals surface area contributed by atoms with Crippen LogP contribution in [0, 0.1) is 6.92 Å². The molecule has 106 valence electrons. The SMILES string of the molecule is CO[C@H]1C[C@H](n2c(=O)[nH]c3sc(C=O)c(C)c3c2=O)C1. The third-order valence-corrected chi connectivity index (χ3v) is 5.06. The average molecular weight is 294 g/mol. The fraction of sp³-hybridized carbons (Fsp3) is 0.462. The Morgan fingerprint density at radius 2 is 2.10 bits per heavy atom. The van der Waals surface area contributed by atoms with E-state index in [1.165, 1.54) is 4.57 Å². The second-order valence-corrected chi connectivity index (χ2v) is 6.05. The lowest BCUT2D eigenvalue weighted by Gasteiger charge is -2.34. The maximum atomic E-state index is 12.5. The minimum absolute atomic E-state index is 0.108. The number of thiophene rings is 1. The molecule has 0 atom stereocenters. The Hall–Kier alpha value is -1.73. The van der Waals surface area contributed by atoms with Crippen LogP contribution in [-0.4, -0.2) is 29.1 Å². The first-order valence-electron chi connectivity index (χ1n) is 6.32. The predicted molar refractivity (Wildman–Crippen MR) is 75.9 cm³/mol. The molecule has 2 aromatic rings. The minimum Gasteiger partial charge on any atom is -0.381 e. The largest absolute Gasteiger partial charge is 0.381 e. The summed E-state index contributed by atoms with van der Waals surface area (Å²) in [5, 5.41) is 0.442. The van der Waals surface area contributed by atoms with Gasteiger partial charge in [0.15, 0.2) is 6.29 Å². The van der Waals surface area contributed by atoms with E-state index in [-0.39, 0.29) is 17.7 Å². The van der Waals surface area contributed by atoms with Gasteiger partial charge in [-0.15, -0.1) is 11.3 Å². The summed E-state index contributed by atoms with van der Waals surface area (Å²) in [5.74, 6) is 0.